The van der Waals surface area contributed by atoms with Gasteiger partial charge >= 0.3 is 0 Å². The first-order valence-electron chi connectivity index (χ1n) is 4.91. The maximum absolute atomic E-state index is 12.9. The SMILES string of the molecule is C=C(C)Sn1cc(C(F)F)c2ccc(Cl)cc21. The van der Waals surface area contributed by atoms with Crippen molar-refractivity contribution in [3.63, 3.8) is 0 Å². The first-order chi connectivity index (χ1) is 7.99. The normalized spacial score (nSPS) is 11.4. The molecular weight excluding hydrogens is 264 g/mol. The third kappa shape index (κ3) is 2.48. The fourth-order valence-corrected chi connectivity index (χ4v) is 2.53. The Kier molecular flexibility index (Phi) is 3.45. The Bertz CT molecular complexity index is 577. The van der Waals surface area contributed by atoms with Crippen LogP contribution in [0.2, 0.25) is 5.02 Å². The minimum Gasteiger partial charge on any atom is -0.287 e. The molecule has 1 aromatic carbocycles. The molecule has 1 aromatic heterocycles. The van der Waals surface area contributed by atoms with Crippen LogP contribution in [0.5, 0.6) is 0 Å². The highest BCUT2D eigenvalue weighted by Gasteiger charge is 2.16. The zero-order valence-electron chi connectivity index (χ0n) is 9.08. The number of hydrogen-bond donors (Lipinski definition) is 0. The minimum absolute atomic E-state index is 0.0189. The van der Waals surface area contributed by atoms with E-state index in [1.807, 2.05) is 6.92 Å². The van der Waals surface area contributed by atoms with Gasteiger partial charge in [-0.15, -0.1) is 0 Å². The summed E-state index contributed by atoms with van der Waals surface area (Å²) in [5.41, 5.74) is 0.700. The van der Waals surface area contributed by atoms with Crippen molar-refractivity contribution >= 4 is 34.5 Å². The number of nitrogens with zero attached hydrogens (tertiary/aromatic N) is 1. The van der Waals surface area contributed by atoms with Gasteiger partial charge in [0, 0.05) is 22.2 Å². The molecule has 17 heavy (non-hydrogen) atoms. The van der Waals surface area contributed by atoms with Crippen molar-refractivity contribution in [2.24, 2.45) is 0 Å². The molecule has 90 valence electrons. The third-order valence-corrected chi connectivity index (χ3v) is 3.30. The molecule has 0 unspecified atom stereocenters. The number of fused-ring (bicyclic) bond motifs is 1. The molecular formula is C12H10ClF2NS. The van der Waals surface area contributed by atoms with Crippen LogP contribution in [0.4, 0.5) is 8.78 Å². The quantitative estimate of drug-likeness (QED) is 0.738. The van der Waals surface area contributed by atoms with E-state index >= 15 is 0 Å². The largest absolute Gasteiger partial charge is 0.287 e. The molecule has 0 spiro atoms. The van der Waals surface area contributed by atoms with E-state index in [9.17, 15) is 8.78 Å². The van der Waals surface area contributed by atoms with Gasteiger partial charge in [0.1, 0.15) is 0 Å². The summed E-state index contributed by atoms with van der Waals surface area (Å²) >= 11 is 7.19. The van der Waals surface area contributed by atoms with Crippen LogP contribution in [0.3, 0.4) is 0 Å². The molecule has 0 saturated carbocycles. The lowest BCUT2D eigenvalue weighted by atomic mass is 10.2. The second-order valence-electron chi connectivity index (χ2n) is 3.67. The molecule has 0 N–H and O–H groups in total. The summed E-state index contributed by atoms with van der Waals surface area (Å²) in [5, 5.41) is 1.05. The molecule has 0 radical (unpaired) electrons. The molecule has 2 rings (SSSR count). The molecule has 0 bridgehead atoms. The van der Waals surface area contributed by atoms with Crippen molar-refractivity contribution in [3.8, 4) is 0 Å². The van der Waals surface area contributed by atoms with Crippen molar-refractivity contribution in [2.45, 2.75) is 13.3 Å². The lowest BCUT2D eigenvalue weighted by molar-refractivity contribution is 0.153. The van der Waals surface area contributed by atoms with E-state index in [-0.39, 0.29) is 5.56 Å². The van der Waals surface area contributed by atoms with E-state index in [2.05, 4.69) is 6.58 Å². The zero-order valence-corrected chi connectivity index (χ0v) is 10.7. The molecule has 2 aromatic rings. The predicted octanol–water partition coefficient (Wildman–Crippen LogP) is 5.26. The van der Waals surface area contributed by atoms with Crippen LogP contribution in [0, 0.1) is 0 Å². The number of benzene rings is 1. The highest BCUT2D eigenvalue weighted by molar-refractivity contribution is 8.01. The van der Waals surface area contributed by atoms with Gasteiger partial charge in [-0.1, -0.05) is 24.2 Å². The maximum Gasteiger partial charge on any atom is 0.265 e. The van der Waals surface area contributed by atoms with E-state index in [4.69, 9.17) is 11.6 Å². The van der Waals surface area contributed by atoms with Crippen LogP contribution in [-0.2, 0) is 0 Å². The van der Waals surface area contributed by atoms with E-state index in [1.54, 1.807) is 22.2 Å². The van der Waals surface area contributed by atoms with Crippen LogP contribution in [-0.4, -0.2) is 3.97 Å². The van der Waals surface area contributed by atoms with Gasteiger partial charge < -0.3 is 0 Å². The van der Waals surface area contributed by atoms with Gasteiger partial charge in [0.2, 0.25) is 0 Å². The minimum atomic E-state index is -2.49. The summed E-state index contributed by atoms with van der Waals surface area (Å²) in [5.74, 6) is 0. The summed E-state index contributed by atoms with van der Waals surface area (Å²) in [6.07, 6.45) is -1.06. The Morgan fingerprint density at radius 3 is 2.76 bits per heavy atom. The number of hydrogen-bond acceptors (Lipinski definition) is 1. The monoisotopic (exact) mass is 273 g/mol. The summed E-state index contributed by atoms with van der Waals surface area (Å²) in [4.78, 5) is 0.822. The second kappa shape index (κ2) is 4.70. The lowest BCUT2D eigenvalue weighted by Gasteiger charge is -2.02. The van der Waals surface area contributed by atoms with E-state index in [0.717, 1.165) is 4.91 Å². The fourth-order valence-electron chi connectivity index (χ4n) is 1.61. The Morgan fingerprint density at radius 1 is 1.47 bits per heavy atom. The second-order valence-corrected chi connectivity index (χ2v) is 5.38. The molecule has 0 aliphatic rings. The van der Waals surface area contributed by atoms with Crippen molar-refractivity contribution < 1.29 is 8.78 Å². The van der Waals surface area contributed by atoms with Crippen LogP contribution in [0.15, 0.2) is 35.9 Å². The standard InChI is InChI=1S/C12H10ClF2NS/c1-7(2)17-16-6-10(12(14)15)9-4-3-8(13)5-11(9)16/h3-6,12H,1H2,2H3. The van der Waals surface area contributed by atoms with Crippen molar-refractivity contribution in [3.05, 3.63) is 46.5 Å². The molecule has 0 atom stereocenters. The van der Waals surface area contributed by atoms with Gasteiger partial charge in [-0.2, -0.15) is 0 Å². The average molecular weight is 274 g/mol. The van der Waals surface area contributed by atoms with E-state index in [1.165, 1.54) is 18.1 Å². The predicted molar refractivity (Wildman–Crippen MR) is 69.7 cm³/mol. The van der Waals surface area contributed by atoms with Crippen LogP contribution in [0.1, 0.15) is 18.9 Å². The van der Waals surface area contributed by atoms with Crippen LogP contribution < -0.4 is 0 Å². The third-order valence-electron chi connectivity index (χ3n) is 2.25. The Labute approximate surface area is 107 Å². The fraction of sp³-hybridized carbons (Fsp3) is 0.167. The molecule has 0 fully saturated rings. The number of halogens is 3. The summed E-state index contributed by atoms with van der Waals surface area (Å²) < 4.78 is 27.4. The summed E-state index contributed by atoms with van der Waals surface area (Å²) in [6.45, 7) is 5.58. The highest BCUT2D eigenvalue weighted by atomic mass is 35.5. The molecule has 0 saturated heterocycles. The molecule has 0 aliphatic heterocycles. The smallest absolute Gasteiger partial charge is 0.265 e. The van der Waals surface area contributed by atoms with E-state index in [0.29, 0.717) is 15.9 Å². The van der Waals surface area contributed by atoms with E-state index < -0.39 is 6.43 Å². The van der Waals surface area contributed by atoms with Gasteiger partial charge in [0.05, 0.1) is 5.52 Å². The highest BCUT2D eigenvalue weighted by Crippen LogP contribution is 2.34. The number of allylic oxidation sites excluding steroid dienone is 1. The average Bonchev–Trinajstić information content (AvgIpc) is 2.56. The van der Waals surface area contributed by atoms with Crippen LogP contribution in [0.25, 0.3) is 10.9 Å². The Morgan fingerprint density at radius 2 is 2.18 bits per heavy atom. The Hall–Kier alpha value is -1.00. The molecule has 0 amide bonds. The van der Waals surface area contributed by atoms with Gasteiger partial charge in [0.25, 0.3) is 6.43 Å². The lowest BCUT2D eigenvalue weighted by Crippen LogP contribution is -1.83. The summed E-state index contributed by atoms with van der Waals surface area (Å²) in [7, 11) is 0. The number of aromatic nitrogens is 1. The topological polar surface area (TPSA) is 4.93 Å². The number of alkyl halides is 2. The van der Waals surface area contributed by atoms with Crippen molar-refractivity contribution in [1.29, 1.82) is 0 Å². The van der Waals surface area contributed by atoms with Crippen LogP contribution >= 0.6 is 23.5 Å². The van der Waals surface area contributed by atoms with Crippen molar-refractivity contribution in [1.82, 2.24) is 3.97 Å². The molecule has 1 nitrogen and oxygen atoms in total. The zero-order chi connectivity index (χ0) is 12.6. The Balaban J connectivity index is 2.66. The number of rotatable bonds is 3. The molecule has 5 heteroatoms. The first kappa shape index (κ1) is 12.5. The molecule has 1 heterocycles. The van der Waals surface area contributed by atoms with Gasteiger partial charge in [-0.3, -0.25) is 3.97 Å². The maximum atomic E-state index is 12.9. The van der Waals surface area contributed by atoms with Gasteiger partial charge in [-0.25, -0.2) is 8.78 Å². The summed E-state index contributed by atoms with van der Waals surface area (Å²) in [6, 6.07) is 4.92. The van der Waals surface area contributed by atoms with Gasteiger partial charge in [-0.05, 0) is 35.9 Å². The first-order valence-corrected chi connectivity index (χ1v) is 6.06. The van der Waals surface area contributed by atoms with Gasteiger partial charge in [0.15, 0.2) is 0 Å². The molecule has 0 aliphatic carbocycles. The van der Waals surface area contributed by atoms with Crippen molar-refractivity contribution in [2.75, 3.05) is 0 Å².